The quantitative estimate of drug-likeness (QED) is 0.882. The molecule has 0 aliphatic rings. The van der Waals surface area contributed by atoms with Crippen molar-refractivity contribution >= 4 is 16.6 Å². The Labute approximate surface area is 100 Å². The molecule has 1 aromatic heterocycles. The Morgan fingerprint density at radius 2 is 1.76 bits per heavy atom. The highest BCUT2D eigenvalue weighted by molar-refractivity contribution is 5.92. The van der Waals surface area contributed by atoms with Crippen molar-refractivity contribution in [1.29, 1.82) is 0 Å². The molecule has 0 spiro atoms. The van der Waals surface area contributed by atoms with E-state index in [0.29, 0.717) is 17.2 Å². The number of aromatic nitrogens is 1. The molecule has 2 rings (SSSR count). The minimum Gasteiger partial charge on any atom is -0.493 e. The second-order valence-corrected chi connectivity index (χ2v) is 3.78. The molecule has 0 fully saturated rings. The molecular weight excluding hydrogens is 216 g/mol. The lowest BCUT2D eigenvalue weighted by Gasteiger charge is -2.11. The molecular formula is C13H16N2O2. The van der Waals surface area contributed by atoms with Gasteiger partial charge in [0.15, 0.2) is 11.5 Å². The number of hydrogen-bond acceptors (Lipinski definition) is 4. The summed E-state index contributed by atoms with van der Waals surface area (Å²) in [4.78, 5) is 4.52. The molecule has 0 saturated heterocycles. The van der Waals surface area contributed by atoms with E-state index in [2.05, 4.69) is 4.98 Å². The minimum atomic E-state index is 0.665. The van der Waals surface area contributed by atoms with E-state index in [9.17, 15) is 0 Å². The van der Waals surface area contributed by atoms with Gasteiger partial charge in [-0.1, -0.05) is 6.92 Å². The van der Waals surface area contributed by atoms with Gasteiger partial charge in [-0.2, -0.15) is 0 Å². The van der Waals surface area contributed by atoms with Gasteiger partial charge in [0.2, 0.25) is 0 Å². The molecule has 0 amide bonds. The van der Waals surface area contributed by atoms with E-state index in [1.165, 1.54) is 0 Å². The summed E-state index contributed by atoms with van der Waals surface area (Å²) in [5.41, 5.74) is 8.53. The van der Waals surface area contributed by atoms with Crippen LogP contribution < -0.4 is 15.2 Å². The number of rotatable bonds is 3. The van der Waals surface area contributed by atoms with Crippen LogP contribution in [-0.2, 0) is 6.42 Å². The predicted octanol–water partition coefficient (Wildman–Crippen LogP) is 2.40. The van der Waals surface area contributed by atoms with Crippen LogP contribution in [0.2, 0.25) is 0 Å². The van der Waals surface area contributed by atoms with Crippen molar-refractivity contribution < 1.29 is 9.47 Å². The summed E-state index contributed by atoms with van der Waals surface area (Å²) in [5, 5.41) is 0.889. The third-order valence-corrected chi connectivity index (χ3v) is 2.76. The maximum absolute atomic E-state index is 6.01. The lowest BCUT2D eigenvalue weighted by Crippen LogP contribution is -1.97. The average molecular weight is 232 g/mol. The Bertz CT molecular complexity index is 553. The monoisotopic (exact) mass is 232 g/mol. The number of ether oxygens (including phenoxy) is 2. The molecule has 0 bridgehead atoms. The van der Waals surface area contributed by atoms with Crippen LogP contribution in [0.4, 0.5) is 5.69 Å². The van der Waals surface area contributed by atoms with Crippen LogP contribution in [0.3, 0.4) is 0 Å². The number of benzene rings is 1. The summed E-state index contributed by atoms with van der Waals surface area (Å²) in [6, 6.07) is 5.61. The number of nitrogen functional groups attached to an aromatic ring is 1. The molecule has 1 aromatic carbocycles. The van der Waals surface area contributed by atoms with Gasteiger partial charge in [0, 0.05) is 22.8 Å². The molecule has 0 atom stereocenters. The van der Waals surface area contributed by atoms with Gasteiger partial charge in [-0.3, -0.25) is 4.98 Å². The van der Waals surface area contributed by atoms with Crippen LogP contribution in [0.1, 0.15) is 12.6 Å². The fourth-order valence-corrected chi connectivity index (χ4v) is 1.82. The molecule has 17 heavy (non-hydrogen) atoms. The Balaban J connectivity index is 2.73. The van der Waals surface area contributed by atoms with Gasteiger partial charge in [0.05, 0.1) is 19.7 Å². The first kappa shape index (κ1) is 11.5. The molecule has 0 saturated carbocycles. The van der Waals surface area contributed by atoms with Gasteiger partial charge in [0.1, 0.15) is 0 Å². The highest BCUT2D eigenvalue weighted by atomic mass is 16.5. The van der Waals surface area contributed by atoms with Gasteiger partial charge in [-0.25, -0.2) is 0 Å². The number of hydrogen-bond donors (Lipinski definition) is 1. The van der Waals surface area contributed by atoms with Crippen LogP contribution >= 0.6 is 0 Å². The Morgan fingerprint density at radius 1 is 1.12 bits per heavy atom. The Kier molecular flexibility index (Phi) is 3.04. The van der Waals surface area contributed by atoms with Crippen LogP contribution in [0.15, 0.2) is 18.2 Å². The minimum absolute atomic E-state index is 0.665. The number of pyridine rings is 1. The van der Waals surface area contributed by atoms with Crippen molar-refractivity contribution in [1.82, 2.24) is 4.98 Å². The van der Waals surface area contributed by atoms with Crippen molar-refractivity contribution in [2.45, 2.75) is 13.3 Å². The third kappa shape index (κ3) is 1.98. The van der Waals surface area contributed by atoms with E-state index in [4.69, 9.17) is 15.2 Å². The van der Waals surface area contributed by atoms with E-state index in [1.54, 1.807) is 14.2 Å². The molecule has 4 heteroatoms. The number of fused-ring (bicyclic) bond motifs is 1. The summed E-state index contributed by atoms with van der Waals surface area (Å²) < 4.78 is 10.5. The van der Waals surface area contributed by atoms with Crippen molar-refractivity contribution in [2.75, 3.05) is 20.0 Å². The summed E-state index contributed by atoms with van der Waals surface area (Å²) in [5.74, 6) is 1.33. The van der Waals surface area contributed by atoms with Crippen LogP contribution in [0.25, 0.3) is 10.9 Å². The predicted molar refractivity (Wildman–Crippen MR) is 68.6 cm³/mol. The SMILES string of the molecule is CCc1cc(N)c2cc(OC)c(OC)cc2n1. The Morgan fingerprint density at radius 3 is 2.35 bits per heavy atom. The zero-order valence-electron chi connectivity index (χ0n) is 10.3. The summed E-state index contributed by atoms with van der Waals surface area (Å²) in [6.45, 7) is 2.05. The first-order valence-electron chi connectivity index (χ1n) is 5.50. The molecule has 1 heterocycles. The van der Waals surface area contributed by atoms with Crippen molar-refractivity contribution in [3.8, 4) is 11.5 Å². The lowest BCUT2D eigenvalue weighted by molar-refractivity contribution is 0.356. The molecule has 0 aliphatic heterocycles. The molecule has 4 nitrogen and oxygen atoms in total. The summed E-state index contributed by atoms with van der Waals surface area (Å²) in [7, 11) is 3.21. The van der Waals surface area contributed by atoms with Crippen LogP contribution in [-0.4, -0.2) is 19.2 Å². The van der Waals surface area contributed by atoms with E-state index in [1.807, 2.05) is 25.1 Å². The van der Waals surface area contributed by atoms with Gasteiger partial charge >= 0.3 is 0 Å². The average Bonchev–Trinajstić information content (AvgIpc) is 2.36. The van der Waals surface area contributed by atoms with Gasteiger partial charge in [0.25, 0.3) is 0 Å². The smallest absolute Gasteiger partial charge is 0.162 e. The van der Waals surface area contributed by atoms with Gasteiger partial charge < -0.3 is 15.2 Å². The van der Waals surface area contributed by atoms with Gasteiger partial charge in [-0.15, -0.1) is 0 Å². The highest BCUT2D eigenvalue weighted by Crippen LogP contribution is 2.33. The zero-order valence-corrected chi connectivity index (χ0v) is 10.3. The van der Waals surface area contributed by atoms with Crippen LogP contribution in [0.5, 0.6) is 11.5 Å². The first-order valence-corrected chi connectivity index (χ1v) is 5.50. The maximum Gasteiger partial charge on any atom is 0.162 e. The number of nitrogens with zero attached hydrogens (tertiary/aromatic N) is 1. The summed E-state index contributed by atoms with van der Waals surface area (Å²) in [6.07, 6.45) is 0.856. The Hall–Kier alpha value is -1.97. The van der Waals surface area contributed by atoms with Crippen molar-refractivity contribution in [2.24, 2.45) is 0 Å². The summed E-state index contributed by atoms with van der Waals surface area (Å²) >= 11 is 0. The largest absolute Gasteiger partial charge is 0.493 e. The fourth-order valence-electron chi connectivity index (χ4n) is 1.82. The molecule has 2 aromatic rings. The topological polar surface area (TPSA) is 57.4 Å². The van der Waals surface area contributed by atoms with E-state index in [0.717, 1.165) is 23.0 Å². The lowest BCUT2D eigenvalue weighted by atomic mass is 10.1. The van der Waals surface area contributed by atoms with E-state index < -0.39 is 0 Å². The molecule has 0 aliphatic carbocycles. The molecule has 2 N–H and O–H groups in total. The first-order chi connectivity index (χ1) is 8.19. The number of nitrogens with two attached hydrogens (primary N) is 1. The van der Waals surface area contributed by atoms with Crippen LogP contribution in [0, 0.1) is 0 Å². The van der Waals surface area contributed by atoms with E-state index >= 15 is 0 Å². The van der Waals surface area contributed by atoms with Gasteiger partial charge in [-0.05, 0) is 18.6 Å². The number of anilines is 1. The highest BCUT2D eigenvalue weighted by Gasteiger charge is 2.09. The maximum atomic E-state index is 6.01. The van der Waals surface area contributed by atoms with Crippen molar-refractivity contribution in [3.05, 3.63) is 23.9 Å². The molecule has 0 unspecified atom stereocenters. The second-order valence-electron chi connectivity index (χ2n) is 3.78. The normalized spacial score (nSPS) is 10.5. The molecule has 90 valence electrons. The van der Waals surface area contributed by atoms with E-state index in [-0.39, 0.29) is 0 Å². The fraction of sp³-hybridized carbons (Fsp3) is 0.308. The number of aryl methyl sites for hydroxylation is 1. The second kappa shape index (κ2) is 4.49. The molecule has 0 radical (unpaired) electrons. The third-order valence-electron chi connectivity index (χ3n) is 2.76. The standard InChI is InChI=1S/C13H16N2O2/c1-4-8-5-10(14)9-6-12(16-2)13(17-3)7-11(9)15-8/h5-7H,4H2,1-3H3,(H2,14,15). The van der Waals surface area contributed by atoms with Crippen molar-refractivity contribution in [3.63, 3.8) is 0 Å². The number of methoxy groups -OCH3 is 2. The zero-order chi connectivity index (χ0) is 12.4.